The van der Waals surface area contributed by atoms with Crippen LogP contribution in [0, 0.1) is 0 Å². The molecule has 5 nitrogen and oxygen atoms in total. The summed E-state index contributed by atoms with van der Waals surface area (Å²) in [7, 11) is -1.08. The lowest BCUT2D eigenvalue weighted by molar-refractivity contribution is -0.115. The highest BCUT2D eigenvalue weighted by molar-refractivity contribution is 7.84. The van der Waals surface area contributed by atoms with Gasteiger partial charge in [-0.3, -0.25) is 13.8 Å². The van der Waals surface area contributed by atoms with Crippen molar-refractivity contribution in [3.8, 4) is 0 Å². The van der Waals surface area contributed by atoms with Crippen LogP contribution in [0.15, 0.2) is 53.4 Å². The number of carbonyl (C=O) groups is 2. The van der Waals surface area contributed by atoms with Crippen molar-refractivity contribution in [2.75, 3.05) is 18.1 Å². The van der Waals surface area contributed by atoms with E-state index in [9.17, 15) is 13.8 Å². The van der Waals surface area contributed by atoms with Crippen LogP contribution in [0.4, 0.5) is 5.69 Å². The minimum absolute atomic E-state index is 0.113. The molecule has 2 N–H and O–H groups in total. The highest BCUT2D eigenvalue weighted by Gasteiger charge is 2.10. The summed E-state index contributed by atoms with van der Waals surface area (Å²) in [5, 5.41) is 5.38. The van der Waals surface area contributed by atoms with Crippen molar-refractivity contribution < 1.29 is 13.8 Å². The van der Waals surface area contributed by atoms with Gasteiger partial charge in [0.15, 0.2) is 0 Å². The summed E-state index contributed by atoms with van der Waals surface area (Å²) in [4.78, 5) is 24.7. The number of amides is 2. The predicted octanol–water partition coefficient (Wildman–Crippen LogP) is 2.35. The van der Waals surface area contributed by atoms with Crippen LogP contribution < -0.4 is 10.6 Å². The van der Waals surface area contributed by atoms with Crippen molar-refractivity contribution in [1.29, 1.82) is 0 Å². The van der Waals surface area contributed by atoms with Gasteiger partial charge in [-0.15, -0.1) is 0 Å². The van der Waals surface area contributed by atoms with Crippen LogP contribution in [-0.4, -0.2) is 28.8 Å². The number of hydrogen-bond acceptors (Lipinski definition) is 3. The maximum absolute atomic E-state index is 12.0. The smallest absolute Gasteiger partial charge is 0.251 e. The number of carbonyl (C=O) groups excluding carboxylic acids is 2. The summed E-state index contributed by atoms with van der Waals surface area (Å²) in [6, 6.07) is 14.0. The third kappa shape index (κ3) is 4.76. The molecule has 2 amide bonds. The fourth-order valence-corrected chi connectivity index (χ4v) is 2.72. The Balaban J connectivity index is 1.91. The van der Waals surface area contributed by atoms with Crippen molar-refractivity contribution >= 4 is 28.3 Å². The summed E-state index contributed by atoms with van der Waals surface area (Å²) in [5.74, 6) is -0.627. The van der Waals surface area contributed by atoms with E-state index in [1.165, 1.54) is 0 Å². The molecule has 0 heterocycles. The molecule has 2 aromatic rings. The van der Waals surface area contributed by atoms with Gasteiger partial charge in [-0.1, -0.05) is 25.1 Å². The van der Waals surface area contributed by atoms with Gasteiger partial charge in [-0.05, 0) is 42.3 Å². The number of aryl methyl sites for hydroxylation is 1. The van der Waals surface area contributed by atoms with E-state index in [1.807, 2.05) is 31.2 Å². The van der Waals surface area contributed by atoms with Crippen molar-refractivity contribution in [3.05, 3.63) is 59.7 Å². The van der Waals surface area contributed by atoms with Crippen LogP contribution in [0.5, 0.6) is 0 Å². The summed E-state index contributed by atoms with van der Waals surface area (Å²) in [5.41, 5.74) is 2.22. The highest BCUT2D eigenvalue weighted by Crippen LogP contribution is 2.15. The number of nitrogens with one attached hydrogen (secondary N) is 2. The molecule has 0 fully saturated rings. The highest BCUT2D eigenvalue weighted by atomic mass is 32.2. The number of para-hydroxylation sites is 1. The Labute approximate surface area is 143 Å². The van der Waals surface area contributed by atoms with Crippen molar-refractivity contribution in [3.63, 3.8) is 0 Å². The number of hydrogen-bond donors (Lipinski definition) is 2. The number of anilines is 1. The van der Waals surface area contributed by atoms with Crippen LogP contribution in [0.3, 0.4) is 0 Å². The minimum Gasteiger partial charge on any atom is -0.343 e. The summed E-state index contributed by atoms with van der Waals surface area (Å²) >= 11 is 0. The van der Waals surface area contributed by atoms with E-state index in [1.54, 1.807) is 30.5 Å². The Kier molecular flexibility index (Phi) is 6.26. The third-order valence-corrected chi connectivity index (χ3v) is 4.47. The van der Waals surface area contributed by atoms with Gasteiger partial charge in [-0.2, -0.15) is 0 Å². The van der Waals surface area contributed by atoms with Crippen molar-refractivity contribution in [2.24, 2.45) is 0 Å². The Bertz CT molecular complexity index is 757. The maximum atomic E-state index is 12.0. The normalized spacial score (nSPS) is 11.6. The minimum atomic E-state index is -1.08. The van der Waals surface area contributed by atoms with Crippen LogP contribution in [0.1, 0.15) is 22.8 Å². The first kappa shape index (κ1) is 17.9. The molecule has 2 aromatic carbocycles. The zero-order valence-electron chi connectivity index (χ0n) is 13.7. The lowest BCUT2D eigenvalue weighted by Crippen LogP contribution is -2.33. The van der Waals surface area contributed by atoms with E-state index in [2.05, 4.69) is 10.6 Å². The standard InChI is InChI=1S/C18H20N2O3S/c1-3-13-6-4-5-7-16(13)20-17(21)12-19-18(22)14-8-10-15(11-9-14)24(2)23/h4-11H,3,12H2,1-2H3,(H,19,22)(H,20,21). The van der Waals surface area contributed by atoms with Crippen molar-refractivity contribution in [2.45, 2.75) is 18.2 Å². The number of rotatable bonds is 6. The Morgan fingerprint density at radius 3 is 2.33 bits per heavy atom. The van der Waals surface area contributed by atoms with E-state index in [-0.39, 0.29) is 18.4 Å². The van der Waals surface area contributed by atoms with Gasteiger partial charge in [0.05, 0.1) is 6.54 Å². The lowest BCUT2D eigenvalue weighted by atomic mass is 10.1. The molecular formula is C18H20N2O3S. The monoisotopic (exact) mass is 344 g/mol. The first-order valence-electron chi connectivity index (χ1n) is 7.60. The first-order valence-corrected chi connectivity index (χ1v) is 9.16. The van der Waals surface area contributed by atoms with E-state index >= 15 is 0 Å². The predicted molar refractivity (Wildman–Crippen MR) is 95.6 cm³/mol. The molecule has 0 aliphatic rings. The van der Waals surface area contributed by atoms with Gasteiger partial charge < -0.3 is 10.6 Å². The summed E-state index contributed by atoms with van der Waals surface area (Å²) in [6.07, 6.45) is 2.39. The molecule has 1 atom stereocenters. The van der Waals surface area contributed by atoms with Crippen LogP contribution >= 0.6 is 0 Å². The van der Waals surface area contributed by atoms with Crippen LogP contribution in [0.2, 0.25) is 0 Å². The Morgan fingerprint density at radius 1 is 1.04 bits per heavy atom. The second kappa shape index (κ2) is 8.40. The molecule has 0 aliphatic heterocycles. The fourth-order valence-electron chi connectivity index (χ4n) is 2.21. The zero-order valence-corrected chi connectivity index (χ0v) is 14.5. The molecule has 1 unspecified atom stereocenters. The van der Waals surface area contributed by atoms with Gasteiger partial charge in [-0.25, -0.2) is 0 Å². The molecule has 0 radical (unpaired) electrons. The van der Waals surface area contributed by atoms with Gasteiger partial charge >= 0.3 is 0 Å². The average molecular weight is 344 g/mol. The molecule has 126 valence electrons. The third-order valence-electron chi connectivity index (χ3n) is 3.53. The topological polar surface area (TPSA) is 75.3 Å². The molecular weight excluding hydrogens is 324 g/mol. The van der Waals surface area contributed by atoms with E-state index < -0.39 is 10.8 Å². The molecule has 0 bridgehead atoms. The van der Waals surface area contributed by atoms with E-state index in [4.69, 9.17) is 0 Å². The Hall–Kier alpha value is -2.47. The van der Waals surface area contributed by atoms with Crippen LogP contribution in [0.25, 0.3) is 0 Å². The van der Waals surface area contributed by atoms with Gasteiger partial charge in [0.1, 0.15) is 0 Å². The zero-order chi connectivity index (χ0) is 17.5. The van der Waals surface area contributed by atoms with Gasteiger partial charge in [0.2, 0.25) is 5.91 Å². The van der Waals surface area contributed by atoms with E-state index in [0.717, 1.165) is 17.7 Å². The molecule has 6 heteroatoms. The van der Waals surface area contributed by atoms with Gasteiger partial charge in [0.25, 0.3) is 5.91 Å². The second-order valence-electron chi connectivity index (χ2n) is 5.22. The molecule has 0 saturated heterocycles. The lowest BCUT2D eigenvalue weighted by Gasteiger charge is -2.10. The first-order chi connectivity index (χ1) is 11.5. The Morgan fingerprint density at radius 2 is 1.71 bits per heavy atom. The molecule has 0 saturated carbocycles. The van der Waals surface area contributed by atoms with Crippen LogP contribution in [-0.2, 0) is 22.0 Å². The molecule has 0 aliphatic carbocycles. The quantitative estimate of drug-likeness (QED) is 0.845. The average Bonchev–Trinajstić information content (AvgIpc) is 2.60. The molecule has 0 spiro atoms. The number of benzene rings is 2. The van der Waals surface area contributed by atoms with Crippen molar-refractivity contribution in [1.82, 2.24) is 5.32 Å². The maximum Gasteiger partial charge on any atom is 0.251 e. The fraction of sp³-hybridized carbons (Fsp3) is 0.222. The molecule has 24 heavy (non-hydrogen) atoms. The largest absolute Gasteiger partial charge is 0.343 e. The summed E-state index contributed by atoms with van der Waals surface area (Å²) in [6.45, 7) is 1.90. The second-order valence-corrected chi connectivity index (χ2v) is 6.60. The molecule has 2 rings (SSSR count). The SMILES string of the molecule is CCc1ccccc1NC(=O)CNC(=O)c1ccc(S(C)=O)cc1. The van der Waals surface area contributed by atoms with E-state index in [0.29, 0.717) is 10.5 Å². The molecule has 0 aromatic heterocycles. The summed E-state index contributed by atoms with van der Waals surface area (Å²) < 4.78 is 11.3. The van der Waals surface area contributed by atoms with Gasteiger partial charge in [0, 0.05) is 33.2 Å².